The van der Waals surface area contributed by atoms with Gasteiger partial charge in [-0.1, -0.05) is 19.9 Å². The Kier molecular flexibility index (Phi) is 10.5. The van der Waals surface area contributed by atoms with E-state index in [1.54, 1.807) is 24.9 Å². The lowest BCUT2D eigenvalue weighted by atomic mass is 10.1. The second kappa shape index (κ2) is 12.1. The van der Waals surface area contributed by atoms with Crippen LogP contribution in [-0.2, 0) is 17.0 Å². The van der Waals surface area contributed by atoms with E-state index in [1.807, 2.05) is 12.3 Å². The van der Waals surface area contributed by atoms with E-state index in [4.69, 9.17) is 4.74 Å². The van der Waals surface area contributed by atoms with E-state index < -0.39 is 0 Å². The summed E-state index contributed by atoms with van der Waals surface area (Å²) in [5.41, 5.74) is 2.11. The third-order valence-electron chi connectivity index (χ3n) is 3.35. The zero-order valence-corrected chi connectivity index (χ0v) is 16.0. The Morgan fingerprint density at radius 1 is 1.29 bits per heavy atom. The number of rotatable bonds is 10. The normalized spacial score (nSPS) is 11.8. The van der Waals surface area contributed by atoms with Crippen molar-refractivity contribution >= 4 is 17.7 Å². The molecule has 0 aliphatic heterocycles. The number of nitrogens with one attached hydrogen (secondary N) is 2. The van der Waals surface area contributed by atoms with E-state index >= 15 is 0 Å². The number of aliphatic imine (C=N–C) groups is 1. The van der Waals surface area contributed by atoms with Gasteiger partial charge in [0.05, 0.1) is 0 Å². The van der Waals surface area contributed by atoms with Gasteiger partial charge in [-0.3, -0.25) is 4.99 Å². The summed E-state index contributed by atoms with van der Waals surface area (Å²) in [6.45, 7) is 7.27. The van der Waals surface area contributed by atoms with E-state index in [0.29, 0.717) is 12.5 Å². The van der Waals surface area contributed by atoms with Crippen molar-refractivity contribution in [3.05, 3.63) is 35.1 Å². The van der Waals surface area contributed by atoms with Gasteiger partial charge in [-0.15, -0.1) is 0 Å². The number of thioether (sulfide) groups is 1. The quantitative estimate of drug-likeness (QED) is 0.383. The number of hydrogen-bond acceptors (Lipinski definition) is 3. The standard InChI is InChI=1S/C18H30FN3OS/c1-14(2)12-23-9-5-8-21-18(20-3)22-11-15-6-7-17(19)10-16(15)13-24-4/h6-7,10,14H,5,8-9,11-13H2,1-4H3,(H2,20,21,22). The van der Waals surface area contributed by atoms with E-state index in [9.17, 15) is 4.39 Å². The zero-order chi connectivity index (χ0) is 17.8. The predicted molar refractivity (Wildman–Crippen MR) is 102 cm³/mol. The maximum absolute atomic E-state index is 13.4. The van der Waals surface area contributed by atoms with Gasteiger partial charge in [0.25, 0.3) is 0 Å². The minimum Gasteiger partial charge on any atom is -0.381 e. The number of benzene rings is 1. The lowest BCUT2D eigenvalue weighted by Gasteiger charge is -2.14. The largest absolute Gasteiger partial charge is 0.381 e. The first-order valence-electron chi connectivity index (χ1n) is 8.35. The average molecular weight is 356 g/mol. The highest BCUT2D eigenvalue weighted by molar-refractivity contribution is 7.97. The van der Waals surface area contributed by atoms with Crippen LogP contribution in [0.15, 0.2) is 23.2 Å². The van der Waals surface area contributed by atoms with E-state index in [0.717, 1.165) is 49.0 Å². The van der Waals surface area contributed by atoms with Crippen LogP contribution in [0.4, 0.5) is 4.39 Å². The Labute approximate surface area is 149 Å². The van der Waals surface area contributed by atoms with Crippen molar-refractivity contribution in [1.82, 2.24) is 10.6 Å². The molecule has 4 nitrogen and oxygen atoms in total. The van der Waals surface area contributed by atoms with Crippen LogP contribution < -0.4 is 10.6 Å². The number of hydrogen-bond donors (Lipinski definition) is 2. The lowest BCUT2D eigenvalue weighted by Crippen LogP contribution is -2.37. The molecular weight excluding hydrogens is 325 g/mol. The van der Waals surface area contributed by atoms with Crippen molar-refractivity contribution in [3.63, 3.8) is 0 Å². The predicted octanol–water partition coefficient (Wildman–Crippen LogP) is 3.42. The molecule has 0 saturated heterocycles. The van der Waals surface area contributed by atoms with Crippen LogP contribution in [0, 0.1) is 11.7 Å². The maximum atomic E-state index is 13.4. The summed E-state index contributed by atoms with van der Waals surface area (Å²) in [5.74, 6) is 1.93. The van der Waals surface area contributed by atoms with Crippen molar-refractivity contribution in [2.24, 2.45) is 10.9 Å². The molecule has 0 radical (unpaired) electrons. The highest BCUT2D eigenvalue weighted by Crippen LogP contribution is 2.16. The number of nitrogens with zero attached hydrogens (tertiary/aromatic N) is 1. The van der Waals surface area contributed by atoms with Crippen molar-refractivity contribution in [2.45, 2.75) is 32.6 Å². The Morgan fingerprint density at radius 3 is 2.75 bits per heavy atom. The summed E-state index contributed by atoms with van der Waals surface area (Å²) >= 11 is 1.69. The van der Waals surface area contributed by atoms with Crippen molar-refractivity contribution < 1.29 is 9.13 Å². The second-order valence-electron chi connectivity index (χ2n) is 6.02. The van der Waals surface area contributed by atoms with Crippen LogP contribution in [0.1, 0.15) is 31.4 Å². The minimum atomic E-state index is -0.188. The first-order chi connectivity index (χ1) is 11.6. The molecule has 0 aliphatic carbocycles. The van der Waals surface area contributed by atoms with Crippen LogP contribution in [0.3, 0.4) is 0 Å². The molecule has 24 heavy (non-hydrogen) atoms. The SMILES string of the molecule is CN=C(NCCCOCC(C)C)NCc1ccc(F)cc1CSC. The monoisotopic (exact) mass is 355 g/mol. The van der Waals surface area contributed by atoms with Crippen LogP contribution in [0.2, 0.25) is 0 Å². The van der Waals surface area contributed by atoms with Crippen molar-refractivity contribution in [2.75, 3.05) is 33.1 Å². The van der Waals surface area contributed by atoms with Crippen molar-refractivity contribution in [1.29, 1.82) is 0 Å². The molecule has 1 aromatic carbocycles. The van der Waals surface area contributed by atoms with Crippen LogP contribution >= 0.6 is 11.8 Å². The fourth-order valence-corrected chi connectivity index (χ4v) is 2.74. The molecule has 2 N–H and O–H groups in total. The van der Waals surface area contributed by atoms with Crippen molar-refractivity contribution in [3.8, 4) is 0 Å². The summed E-state index contributed by atoms with van der Waals surface area (Å²) in [5, 5.41) is 6.55. The van der Waals surface area contributed by atoms with Gasteiger partial charge < -0.3 is 15.4 Å². The first kappa shape index (κ1) is 20.8. The highest BCUT2D eigenvalue weighted by Gasteiger charge is 2.05. The molecule has 1 rings (SSSR count). The van der Waals surface area contributed by atoms with Gasteiger partial charge in [0.1, 0.15) is 5.82 Å². The Morgan fingerprint density at radius 2 is 2.08 bits per heavy atom. The van der Waals surface area contributed by atoms with Gasteiger partial charge >= 0.3 is 0 Å². The Hall–Kier alpha value is -1.27. The maximum Gasteiger partial charge on any atom is 0.191 e. The minimum absolute atomic E-state index is 0.188. The molecule has 136 valence electrons. The molecule has 0 atom stereocenters. The Balaban J connectivity index is 2.36. The summed E-state index contributed by atoms with van der Waals surface area (Å²) in [6.07, 6.45) is 2.95. The van der Waals surface area contributed by atoms with Crippen LogP contribution in [0.5, 0.6) is 0 Å². The van der Waals surface area contributed by atoms with Gasteiger partial charge in [-0.25, -0.2) is 4.39 Å². The smallest absolute Gasteiger partial charge is 0.191 e. The molecule has 0 spiro atoms. The topological polar surface area (TPSA) is 45.7 Å². The molecule has 0 heterocycles. The zero-order valence-electron chi connectivity index (χ0n) is 15.2. The molecular formula is C18H30FN3OS. The van der Waals surface area contributed by atoms with Crippen LogP contribution in [-0.4, -0.2) is 39.0 Å². The second-order valence-corrected chi connectivity index (χ2v) is 6.89. The summed E-state index contributed by atoms with van der Waals surface area (Å²) in [7, 11) is 1.75. The summed E-state index contributed by atoms with van der Waals surface area (Å²) in [4.78, 5) is 4.22. The third-order valence-corrected chi connectivity index (χ3v) is 3.95. The molecule has 1 aromatic rings. The van der Waals surface area contributed by atoms with Crippen LogP contribution in [0.25, 0.3) is 0 Å². The van der Waals surface area contributed by atoms with Gasteiger partial charge in [0, 0.05) is 39.1 Å². The summed E-state index contributed by atoms with van der Waals surface area (Å²) in [6, 6.07) is 4.94. The highest BCUT2D eigenvalue weighted by atomic mass is 32.2. The number of ether oxygens (including phenoxy) is 1. The average Bonchev–Trinajstić information content (AvgIpc) is 2.55. The van der Waals surface area contributed by atoms with Gasteiger partial charge in [-0.05, 0) is 41.9 Å². The van der Waals surface area contributed by atoms with Gasteiger partial charge in [0.15, 0.2) is 5.96 Å². The molecule has 0 aliphatic rings. The number of guanidine groups is 1. The fourth-order valence-electron chi connectivity index (χ4n) is 2.16. The molecule has 0 aromatic heterocycles. The molecule has 0 fully saturated rings. The van der Waals surface area contributed by atoms with Gasteiger partial charge in [0.2, 0.25) is 0 Å². The molecule has 0 saturated carbocycles. The third kappa shape index (κ3) is 8.55. The van der Waals surface area contributed by atoms with Gasteiger partial charge in [-0.2, -0.15) is 11.8 Å². The molecule has 0 amide bonds. The Bertz CT molecular complexity index is 509. The van der Waals surface area contributed by atoms with E-state index in [2.05, 4.69) is 29.5 Å². The summed E-state index contributed by atoms with van der Waals surface area (Å²) < 4.78 is 18.9. The fraction of sp³-hybridized carbons (Fsp3) is 0.611. The molecule has 6 heteroatoms. The van der Waals surface area contributed by atoms with E-state index in [-0.39, 0.29) is 5.82 Å². The van der Waals surface area contributed by atoms with E-state index in [1.165, 1.54) is 6.07 Å². The molecule has 0 bridgehead atoms. The lowest BCUT2D eigenvalue weighted by molar-refractivity contribution is 0.108. The molecule has 0 unspecified atom stereocenters. The number of halogens is 1. The first-order valence-corrected chi connectivity index (χ1v) is 9.74.